The van der Waals surface area contributed by atoms with Gasteiger partial charge in [0.2, 0.25) is 0 Å². The Bertz CT molecular complexity index is 491. The van der Waals surface area contributed by atoms with E-state index in [0.717, 1.165) is 13.1 Å². The lowest BCUT2D eigenvalue weighted by molar-refractivity contribution is -0.384. The van der Waals surface area contributed by atoms with E-state index >= 15 is 0 Å². The van der Waals surface area contributed by atoms with Gasteiger partial charge in [0.1, 0.15) is 11.6 Å². The number of hydrogen-bond acceptors (Lipinski definition) is 6. The van der Waals surface area contributed by atoms with Gasteiger partial charge in [-0.05, 0) is 20.0 Å². The van der Waals surface area contributed by atoms with Gasteiger partial charge in [0, 0.05) is 19.1 Å². The molecule has 2 N–H and O–H groups in total. The highest BCUT2D eigenvalue weighted by Crippen LogP contribution is 2.28. The molecule has 2 atom stereocenters. The van der Waals surface area contributed by atoms with E-state index < -0.39 is 4.92 Å². The fraction of sp³-hybridized carbons (Fsp3) is 0.583. The van der Waals surface area contributed by atoms with Gasteiger partial charge in [-0.1, -0.05) is 6.92 Å². The largest absolute Gasteiger partial charge is 0.383 e. The summed E-state index contributed by atoms with van der Waals surface area (Å²) in [5.74, 6) is 1.25. The highest BCUT2D eigenvalue weighted by atomic mass is 16.6. The molecule has 0 saturated carbocycles. The summed E-state index contributed by atoms with van der Waals surface area (Å²) in [6.07, 6.45) is 0. The van der Waals surface area contributed by atoms with Crippen molar-refractivity contribution in [3.05, 3.63) is 22.2 Å². The van der Waals surface area contributed by atoms with Gasteiger partial charge in [0.05, 0.1) is 17.1 Å². The topological polar surface area (TPSA) is 88.5 Å². The molecule has 1 saturated heterocycles. The Labute approximate surface area is 112 Å². The van der Waals surface area contributed by atoms with Crippen molar-refractivity contribution in [2.45, 2.75) is 13.0 Å². The molecule has 1 fully saturated rings. The van der Waals surface area contributed by atoms with Crippen LogP contribution in [0.25, 0.3) is 0 Å². The summed E-state index contributed by atoms with van der Waals surface area (Å²) in [7, 11) is 4.08. The first kappa shape index (κ1) is 13.5. The van der Waals surface area contributed by atoms with Crippen LogP contribution in [0, 0.1) is 16.0 Å². The summed E-state index contributed by atoms with van der Waals surface area (Å²) in [6.45, 7) is 3.81. The van der Waals surface area contributed by atoms with Gasteiger partial charge >= 0.3 is 0 Å². The molecule has 0 spiro atoms. The lowest BCUT2D eigenvalue weighted by Gasteiger charge is -2.22. The van der Waals surface area contributed by atoms with Crippen molar-refractivity contribution < 1.29 is 4.92 Å². The van der Waals surface area contributed by atoms with Crippen LogP contribution in [0.4, 0.5) is 17.3 Å². The van der Waals surface area contributed by atoms with Crippen LogP contribution in [0.1, 0.15) is 6.92 Å². The van der Waals surface area contributed by atoms with Crippen molar-refractivity contribution in [2.24, 2.45) is 5.92 Å². The first-order chi connectivity index (χ1) is 8.88. The van der Waals surface area contributed by atoms with Crippen LogP contribution in [0.3, 0.4) is 0 Å². The predicted molar refractivity (Wildman–Crippen MR) is 74.2 cm³/mol. The average Bonchev–Trinajstić information content (AvgIpc) is 2.70. The Morgan fingerprint density at radius 1 is 1.47 bits per heavy atom. The maximum Gasteiger partial charge on any atom is 0.276 e. The molecular weight excluding hydrogens is 246 g/mol. The van der Waals surface area contributed by atoms with E-state index in [1.54, 1.807) is 0 Å². The third-order valence-electron chi connectivity index (χ3n) is 3.59. The minimum atomic E-state index is -0.440. The Hall–Kier alpha value is -1.89. The van der Waals surface area contributed by atoms with Gasteiger partial charge in [-0.15, -0.1) is 0 Å². The number of nitro groups is 1. The molecule has 19 heavy (non-hydrogen) atoms. The van der Waals surface area contributed by atoms with Crippen LogP contribution in [0.5, 0.6) is 0 Å². The van der Waals surface area contributed by atoms with E-state index in [2.05, 4.69) is 21.7 Å². The molecule has 104 valence electrons. The van der Waals surface area contributed by atoms with E-state index in [1.807, 2.05) is 14.1 Å². The summed E-state index contributed by atoms with van der Waals surface area (Å²) in [6, 6.07) is 3.19. The maximum atomic E-state index is 10.9. The van der Waals surface area contributed by atoms with Crippen molar-refractivity contribution in [2.75, 3.05) is 37.8 Å². The second kappa shape index (κ2) is 5.00. The van der Waals surface area contributed by atoms with E-state index in [9.17, 15) is 10.1 Å². The quantitative estimate of drug-likeness (QED) is 0.647. The molecule has 2 rings (SSSR count). The molecule has 1 aromatic rings. The minimum absolute atomic E-state index is 0.0107. The Kier molecular flexibility index (Phi) is 3.57. The molecule has 1 aliphatic heterocycles. The van der Waals surface area contributed by atoms with Gasteiger partial charge in [0.25, 0.3) is 5.69 Å². The maximum absolute atomic E-state index is 10.9. The number of likely N-dealkylation sites (N-methyl/N-ethyl adjacent to an activating group) is 1. The van der Waals surface area contributed by atoms with Gasteiger partial charge in [-0.2, -0.15) is 0 Å². The van der Waals surface area contributed by atoms with E-state index in [0.29, 0.717) is 17.8 Å². The second-order valence-corrected chi connectivity index (χ2v) is 5.28. The number of nitrogens with zero attached hydrogens (tertiary/aromatic N) is 4. The molecule has 7 heteroatoms. The van der Waals surface area contributed by atoms with Gasteiger partial charge in [-0.25, -0.2) is 4.98 Å². The van der Waals surface area contributed by atoms with E-state index in [-0.39, 0.29) is 11.5 Å². The van der Waals surface area contributed by atoms with Crippen LogP contribution in [0.2, 0.25) is 0 Å². The summed E-state index contributed by atoms with van der Waals surface area (Å²) in [4.78, 5) is 18.8. The van der Waals surface area contributed by atoms with Crippen molar-refractivity contribution >= 4 is 17.3 Å². The molecule has 0 aliphatic carbocycles. The highest BCUT2D eigenvalue weighted by Gasteiger charge is 2.32. The van der Waals surface area contributed by atoms with Crippen molar-refractivity contribution in [1.82, 2.24) is 9.88 Å². The SMILES string of the molecule is CC1CN(c2cc([N+](=O)[O-])cc(N)n2)CC1N(C)C. The standard InChI is InChI=1S/C12H19N5O2/c1-8-6-16(7-10(8)15(2)3)12-5-9(17(18)19)4-11(13)14-12/h4-5,8,10H,6-7H2,1-3H3,(H2,13,14). The predicted octanol–water partition coefficient (Wildman–Crippen LogP) is 0.958. The zero-order chi connectivity index (χ0) is 14.2. The molecule has 0 radical (unpaired) electrons. The normalized spacial score (nSPS) is 23.1. The van der Waals surface area contributed by atoms with E-state index in [1.165, 1.54) is 12.1 Å². The van der Waals surface area contributed by atoms with Crippen LogP contribution >= 0.6 is 0 Å². The van der Waals surface area contributed by atoms with Gasteiger partial charge < -0.3 is 15.5 Å². The monoisotopic (exact) mass is 265 g/mol. The van der Waals surface area contributed by atoms with Crippen molar-refractivity contribution in [3.63, 3.8) is 0 Å². The number of nitrogens with two attached hydrogens (primary N) is 1. The summed E-state index contributed by atoms with van der Waals surface area (Å²) >= 11 is 0. The van der Waals surface area contributed by atoms with Crippen molar-refractivity contribution in [1.29, 1.82) is 0 Å². The van der Waals surface area contributed by atoms with Crippen molar-refractivity contribution in [3.8, 4) is 0 Å². The number of nitrogen functional groups attached to an aromatic ring is 1. The molecule has 2 heterocycles. The van der Waals surface area contributed by atoms with Crippen LogP contribution < -0.4 is 10.6 Å². The Morgan fingerprint density at radius 3 is 2.68 bits per heavy atom. The van der Waals surface area contributed by atoms with E-state index in [4.69, 9.17) is 5.73 Å². The lowest BCUT2D eigenvalue weighted by Crippen LogP contribution is -2.34. The van der Waals surface area contributed by atoms with Crippen LogP contribution in [-0.4, -0.2) is 48.0 Å². The first-order valence-corrected chi connectivity index (χ1v) is 6.22. The molecular formula is C12H19N5O2. The molecule has 7 nitrogen and oxygen atoms in total. The molecule has 0 amide bonds. The number of aromatic nitrogens is 1. The summed E-state index contributed by atoms with van der Waals surface area (Å²) in [5.41, 5.74) is 5.63. The number of anilines is 2. The fourth-order valence-electron chi connectivity index (χ4n) is 2.60. The molecule has 1 aromatic heterocycles. The summed E-state index contributed by atoms with van der Waals surface area (Å²) in [5, 5.41) is 10.9. The van der Waals surface area contributed by atoms with Crippen LogP contribution in [-0.2, 0) is 0 Å². The fourth-order valence-corrected chi connectivity index (χ4v) is 2.60. The van der Waals surface area contributed by atoms with Gasteiger partial charge in [0.15, 0.2) is 0 Å². The highest BCUT2D eigenvalue weighted by molar-refractivity contribution is 5.54. The third kappa shape index (κ3) is 2.76. The number of hydrogen-bond donors (Lipinski definition) is 1. The molecule has 0 bridgehead atoms. The summed E-state index contributed by atoms with van der Waals surface area (Å²) < 4.78 is 0. The minimum Gasteiger partial charge on any atom is -0.383 e. The molecule has 2 unspecified atom stereocenters. The molecule has 1 aliphatic rings. The lowest BCUT2D eigenvalue weighted by atomic mass is 10.1. The zero-order valence-electron chi connectivity index (χ0n) is 11.4. The zero-order valence-corrected chi connectivity index (χ0v) is 11.4. The number of rotatable bonds is 3. The van der Waals surface area contributed by atoms with Crippen LogP contribution in [0.15, 0.2) is 12.1 Å². The number of pyridine rings is 1. The Balaban J connectivity index is 2.26. The first-order valence-electron chi connectivity index (χ1n) is 6.22. The molecule has 0 aromatic carbocycles. The third-order valence-corrected chi connectivity index (χ3v) is 3.59. The van der Waals surface area contributed by atoms with Gasteiger partial charge in [-0.3, -0.25) is 10.1 Å². The second-order valence-electron chi connectivity index (χ2n) is 5.28. The average molecular weight is 265 g/mol. The smallest absolute Gasteiger partial charge is 0.276 e. The Morgan fingerprint density at radius 2 is 2.16 bits per heavy atom.